The molecule has 0 amide bonds. The highest BCUT2D eigenvalue weighted by molar-refractivity contribution is 7.14. The standard InChI is InChI=1S/C14H11ClN2S2/c15-12-3-1-2-4-13(12)16-7-11-9-19-14(17-11)10-5-6-18-8-10/h1-6,8-9,16H,7H2. The lowest BCUT2D eigenvalue weighted by Crippen LogP contribution is -1.99. The highest BCUT2D eigenvalue weighted by atomic mass is 35.5. The average Bonchev–Trinajstić information content (AvgIpc) is 3.09. The van der Waals surface area contributed by atoms with E-state index in [1.807, 2.05) is 24.3 Å². The van der Waals surface area contributed by atoms with E-state index in [9.17, 15) is 0 Å². The molecule has 0 aliphatic carbocycles. The van der Waals surface area contributed by atoms with Gasteiger partial charge in [0, 0.05) is 16.3 Å². The smallest absolute Gasteiger partial charge is 0.124 e. The van der Waals surface area contributed by atoms with Crippen LogP contribution in [0.4, 0.5) is 5.69 Å². The fourth-order valence-electron chi connectivity index (χ4n) is 1.70. The molecule has 0 radical (unpaired) electrons. The molecule has 2 heterocycles. The summed E-state index contributed by atoms with van der Waals surface area (Å²) < 4.78 is 0. The maximum atomic E-state index is 6.10. The minimum atomic E-state index is 0.685. The van der Waals surface area contributed by atoms with Gasteiger partial charge in [-0.2, -0.15) is 11.3 Å². The first-order valence-electron chi connectivity index (χ1n) is 5.78. The summed E-state index contributed by atoms with van der Waals surface area (Å²) in [6.07, 6.45) is 0. The van der Waals surface area contributed by atoms with Crippen molar-refractivity contribution in [1.82, 2.24) is 4.98 Å². The van der Waals surface area contributed by atoms with Crippen LogP contribution >= 0.6 is 34.3 Å². The quantitative estimate of drug-likeness (QED) is 0.722. The number of aromatic nitrogens is 1. The molecule has 0 aliphatic rings. The zero-order valence-corrected chi connectivity index (χ0v) is 12.4. The van der Waals surface area contributed by atoms with Crippen molar-refractivity contribution in [3.63, 3.8) is 0 Å². The second kappa shape index (κ2) is 5.74. The first kappa shape index (κ1) is 12.7. The topological polar surface area (TPSA) is 24.9 Å². The molecule has 5 heteroatoms. The zero-order valence-electron chi connectivity index (χ0n) is 9.97. The Morgan fingerprint density at radius 3 is 2.84 bits per heavy atom. The number of nitrogens with zero attached hydrogens (tertiary/aromatic N) is 1. The van der Waals surface area contributed by atoms with Crippen molar-refractivity contribution in [1.29, 1.82) is 0 Å². The first-order chi connectivity index (χ1) is 9.33. The van der Waals surface area contributed by atoms with Gasteiger partial charge in [-0.3, -0.25) is 0 Å². The van der Waals surface area contributed by atoms with E-state index < -0.39 is 0 Å². The molecule has 2 nitrogen and oxygen atoms in total. The monoisotopic (exact) mass is 306 g/mol. The summed E-state index contributed by atoms with van der Waals surface area (Å²) >= 11 is 9.46. The van der Waals surface area contributed by atoms with Gasteiger partial charge in [0.1, 0.15) is 5.01 Å². The van der Waals surface area contributed by atoms with Crippen LogP contribution < -0.4 is 5.32 Å². The van der Waals surface area contributed by atoms with Gasteiger partial charge in [-0.25, -0.2) is 4.98 Å². The fraction of sp³-hybridized carbons (Fsp3) is 0.0714. The van der Waals surface area contributed by atoms with Crippen LogP contribution in [-0.4, -0.2) is 4.98 Å². The van der Waals surface area contributed by atoms with Gasteiger partial charge in [0.05, 0.1) is 22.9 Å². The number of rotatable bonds is 4. The van der Waals surface area contributed by atoms with Gasteiger partial charge in [-0.1, -0.05) is 23.7 Å². The van der Waals surface area contributed by atoms with Crippen LogP contribution in [0.2, 0.25) is 5.02 Å². The number of anilines is 1. The summed E-state index contributed by atoms with van der Waals surface area (Å²) in [5.74, 6) is 0. The summed E-state index contributed by atoms with van der Waals surface area (Å²) in [5.41, 5.74) is 3.17. The summed E-state index contributed by atoms with van der Waals surface area (Å²) in [4.78, 5) is 4.62. The van der Waals surface area contributed by atoms with Gasteiger partial charge >= 0.3 is 0 Å². The highest BCUT2D eigenvalue weighted by Crippen LogP contribution is 2.26. The molecule has 0 unspecified atom stereocenters. The maximum absolute atomic E-state index is 6.10. The predicted molar refractivity (Wildman–Crippen MR) is 84.2 cm³/mol. The van der Waals surface area contributed by atoms with Crippen molar-refractivity contribution >= 4 is 40.0 Å². The lowest BCUT2D eigenvalue weighted by Gasteiger charge is -2.05. The van der Waals surface area contributed by atoms with Crippen molar-refractivity contribution in [2.75, 3.05) is 5.32 Å². The molecule has 1 N–H and O–H groups in total. The number of thiazole rings is 1. The van der Waals surface area contributed by atoms with Gasteiger partial charge in [0.2, 0.25) is 0 Å². The molecule has 0 bridgehead atoms. The molecule has 0 spiro atoms. The minimum absolute atomic E-state index is 0.685. The van der Waals surface area contributed by atoms with Gasteiger partial charge in [0.25, 0.3) is 0 Å². The van der Waals surface area contributed by atoms with Crippen molar-refractivity contribution in [3.05, 3.63) is 57.2 Å². The zero-order chi connectivity index (χ0) is 13.1. The van der Waals surface area contributed by atoms with Crippen LogP contribution in [0.3, 0.4) is 0 Å². The normalized spacial score (nSPS) is 10.6. The Bertz CT molecular complexity index is 662. The Labute approximate surface area is 124 Å². The van der Waals surface area contributed by atoms with Crippen molar-refractivity contribution in [2.24, 2.45) is 0 Å². The van der Waals surface area contributed by atoms with E-state index in [-0.39, 0.29) is 0 Å². The number of halogens is 1. The molecule has 0 saturated carbocycles. The van der Waals surface area contributed by atoms with Crippen LogP contribution in [0.25, 0.3) is 10.6 Å². The summed E-state index contributed by atoms with van der Waals surface area (Å²) in [5, 5.41) is 11.4. The predicted octanol–water partition coefficient (Wildman–Crippen LogP) is 5.14. The molecule has 0 atom stereocenters. The summed E-state index contributed by atoms with van der Waals surface area (Å²) in [6.45, 7) is 0.685. The summed E-state index contributed by atoms with van der Waals surface area (Å²) in [7, 11) is 0. The lowest BCUT2D eigenvalue weighted by atomic mass is 10.3. The first-order valence-corrected chi connectivity index (χ1v) is 7.98. The SMILES string of the molecule is Clc1ccccc1NCc1csc(-c2ccsc2)n1. The Balaban J connectivity index is 1.70. The molecular weight excluding hydrogens is 296 g/mol. The van der Waals surface area contributed by atoms with Gasteiger partial charge in [0.15, 0.2) is 0 Å². The maximum Gasteiger partial charge on any atom is 0.124 e. The Kier molecular flexibility index (Phi) is 3.82. The van der Waals surface area contributed by atoms with Crippen LogP contribution in [0, 0.1) is 0 Å². The molecule has 3 aromatic rings. The highest BCUT2D eigenvalue weighted by Gasteiger charge is 2.05. The molecule has 2 aromatic heterocycles. The van der Waals surface area contributed by atoms with E-state index in [0.29, 0.717) is 6.54 Å². The number of nitrogens with one attached hydrogen (secondary N) is 1. The number of hydrogen-bond acceptors (Lipinski definition) is 4. The molecule has 96 valence electrons. The third-order valence-corrected chi connectivity index (χ3v) is 4.61. The molecule has 0 saturated heterocycles. The van der Waals surface area contributed by atoms with Crippen LogP contribution in [0.5, 0.6) is 0 Å². The van der Waals surface area contributed by atoms with Crippen LogP contribution in [-0.2, 0) is 6.54 Å². The van der Waals surface area contributed by atoms with E-state index in [0.717, 1.165) is 21.4 Å². The summed E-state index contributed by atoms with van der Waals surface area (Å²) in [6, 6.07) is 9.82. The number of thiophene rings is 1. The minimum Gasteiger partial charge on any atom is -0.378 e. The fourth-order valence-corrected chi connectivity index (χ4v) is 3.43. The second-order valence-electron chi connectivity index (χ2n) is 3.99. The van der Waals surface area contributed by atoms with Crippen molar-refractivity contribution < 1.29 is 0 Å². The Hall–Kier alpha value is -1.36. The third kappa shape index (κ3) is 2.97. The average molecular weight is 307 g/mol. The van der Waals surface area contributed by atoms with Gasteiger partial charge in [-0.15, -0.1) is 11.3 Å². The van der Waals surface area contributed by atoms with E-state index in [1.165, 1.54) is 5.56 Å². The van der Waals surface area contributed by atoms with Crippen molar-refractivity contribution in [2.45, 2.75) is 6.54 Å². The third-order valence-electron chi connectivity index (χ3n) is 2.65. The number of benzene rings is 1. The van der Waals surface area contributed by atoms with Crippen LogP contribution in [0.15, 0.2) is 46.5 Å². The van der Waals surface area contributed by atoms with E-state index in [1.54, 1.807) is 22.7 Å². The number of hydrogen-bond donors (Lipinski definition) is 1. The Morgan fingerprint density at radius 1 is 1.16 bits per heavy atom. The molecule has 0 aliphatic heterocycles. The van der Waals surface area contributed by atoms with Crippen molar-refractivity contribution in [3.8, 4) is 10.6 Å². The molecule has 1 aromatic carbocycles. The number of para-hydroxylation sites is 1. The van der Waals surface area contributed by atoms with E-state index in [2.05, 4.69) is 32.5 Å². The van der Waals surface area contributed by atoms with Gasteiger partial charge in [-0.05, 0) is 23.6 Å². The largest absolute Gasteiger partial charge is 0.378 e. The molecule has 19 heavy (non-hydrogen) atoms. The van der Waals surface area contributed by atoms with Crippen LogP contribution in [0.1, 0.15) is 5.69 Å². The lowest BCUT2D eigenvalue weighted by molar-refractivity contribution is 1.08. The Morgan fingerprint density at radius 2 is 2.05 bits per heavy atom. The van der Waals surface area contributed by atoms with Gasteiger partial charge < -0.3 is 5.32 Å². The second-order valence-corrected chi connectivity index (χ2v) is 6.03. The molecular formula is C14H11ClN2S2. The van der Waals surface area contributed by atoms with E-state index >= 15 is 0 Å². The molecule has 3 rings (SSSR count). The molecule has 0 fully saturated rings. The van der Waals surface area contributed by atoms with E-state index in [4.69, 9.17) is 11.6 Å².